The lowest BCUT2D eigenvalue weighted by molar-refractivity contribution is -0.892. The number of quaternary nitrogens is 1. The Kier molecular flexibility index (Phi) is 11.9. The SMILES string of the molecule is C[C@@H](NC(=O)C[NH+]1CCN(c2ccccc2)CC1)[C@H](Cc1ccc(Cl)cc1)c1ccc(Cl)cc1.O=C([O-])C(F)(F)F. The van der Waals surface area contributed by atoms with Crippen molar-refractivity contribution in [2.45, 2.75) is 31.5 Å². The molecule has 3 aromatic rings. The molecule has 0 aliphatic carbocycles. The molecule has 220 valence electrons. The maximum atomic E-state index is 13.0. The Labute approximate surface area is 247 Å². The van der Waals surface area contributed by atoms with Gasteiger partial charge in [0.1, 0.15) is 5.97 Å². The molecule has 1 aliphatic rings. The number of carbonyl (C=O) groups excluding carboxylic acids is 2. The number of carboxylic acids is 1. The highest BCUT2D eigenvalue weighted by Crippen LogP contribution is 2.27. The van der Waals surface area contributed by atoms with Crippen molar-refractivity contribution < 1.29 is 32.8 Å². The van der Waals surface area contributed by atoms with Crippen LogP contribution >= 0.6 is 23.2 Å². The van der Waals surface area contributed by atoms with Crippen molar-refractivity contribution in [3.8, 4) is 0 Å². The normalized spacial score (nSPS) is 15.3. The van der Waals surface area contributed by atoms with E-state index >= 15 is 0 Å². The fourth-order valence-electron chi connectivity index (χ4n) is 4.70. The summed E-state index contributed by atoms with van der Waals surface area (Å²) in [6, 6.07) is 26.3. The third-order valence-corrected chi connectivity index (χ3v) is 7.40. The Balaban J connectivity index is 0.000000587. The van der Waals surface area contributed by atoms with Crippen LogP contribution in [0, 0.1) is 0 Å². The Morgan fingerprint density at radius 3 is 1.95 bits per heavy atom. The average molecular weight is 611 g/mol. The zero-order valence-corrected chi connectivity index (χ0v) is 24.0. The number of amides is 1. The van der Waals surface area contributed by atoms with Gasteiger partial charge in [-0.3, -0.25) is 4.79 Å². The van der Waals surface area contributed by atoms with E-state index in [0.717, 1.165) is 43.2 Å². The van der Waals surface area contributed by atoms with Gasteiger partial charge in [0, 0.05) is 27.7 Å². The third kappa shape index (κ3) is 10.6. The predicted octanol–water partition coefficient (Wildman–Crippen LogP) is 3.53. The first kappa shape index (κ1) is 32.2. The number of carbonyl (C=O) groups is 2. The molecule has 1 saturated heterocycles. The monoisotopic (exact) mass is 609 g/mol. The number of piperazine rings is 1. The van der Waals surface area contributed by atoms with E-state index in [1.165, 1.54) is 16.2 Å². The van der Waals surface area contributed by atoms with Crippen LogP contribution in [0.15, 0.2) is 78.9 Å². The van der Waals surface area contributed by atoms with E-state index in [-0.39, 0.29) is 17.9 Å². The maximum Gasteiger partial charge on any atom is 0.430 e. The van der Waals surface area contributed by atoms with Crippen LogP contribution < -0.4 is 20.2 Å². The summed E-state index contributed by atoms with van der Waals surface area (Å²) < 4.78 is 31.5. The topological polar surface area (TPSA) is 76.9 Å². The molecule has 1 amide bonds. The molecule has 0 aromatic heterocycles. The van der Waals surface area contributed by atoms with Crippen molar-refractivity contribution in [1.82, 2.24) is 5.32 Å². The molecule has 1 heterocycles. The Morgan fingerprint density at radius 2 is 1.44 bits per heavy atom. The number of anilines is 1. The second-order valence-corrected chi connectivity index (χ2v) is 10.8. The number of hydrogen-bond acceptors (Lipinski definition) is 4. The standard InChI is InChI=1S/C28H31Cl2N3O.C2HF3O2/c1-21(27(23-9-13-25(30)14-10-23)19-22-7-11-24(29)12-8-22)31-28(34)20-32-15-17-33(18-16-32)26-5-3-2-4-6-26;3-2(4,5)1(6)7/h2-14,21,27H,15-20H2,1H3,(H,31,34);(H,6,7)/t21-,27+;/m1./s1. The average Bonchev–Trinajstić information content (AvgIpc) is 2.94. The van der Waals surface area contributed by atoms with E-state index in [4.69, 9.17) is 33.1 Å². The maximum absolute atomic E-state index is 13.0. The van der Waals surface area contributed by atoms with Gasteiger partial charge in [-0.2, -0.15) is 13.2 Å². The Hall–Kier alpha value is -3.27. The molecule has 3 aromatic carbocycles. The number of benzene rings is 3. The van der Waals surface area contributed by atoms with Crippen LogP contribution in [0.2, 0.25) is 10.0 Å². The summed E-state index contributed by atoms with van der Waals surface area (Å²) in [7, 11) is 0. The van der Waals surface area contributed by atoms with Crippen LogP contribution in [-0.4, -0.2) is 56.8 Å². The summed E-state index contributed by atoms with van der Waals surface area (Å²) in [5.74, 6) is -2.77. The minimum absolute atomic E-state index is 0.0191. The molecule has 1 fully saturated rings. The van der Waals surface area contributed by atoms with E-state index in [1.54, 1.807) is 0 Å². The highest BCUT2D eigenvalue weighted by molar-refractivity contribution is 6.30. The van der Waals surface area contributed by atoms with E-state index < -0.39 is 12.1 Å². The molecule has 6 nitrogen and oxygen atoms in total. The number of alkyl halides is 3. The lowest BCUT2D eigenvalue weighted by Gasteiger charge is -2.33. The first-order valence-corrected chi connectivity index (χ1v) is 13.9. The minimum atomic E-state index is -5.19. The summed E-state index contributed by atoms with van der Waals surface area (Å²) in [5.41, 5.74) is 3.61. The number of nitrogens with zero attached hydrogens (tertiary/aromatic N) is 1. The van der Waals surface area contributed by atoms with Gasteiger partial charge in [0.25, 0.3) is 5.91 Å². The molecule has 1 aliphatic heterocycles. The number of para-hydroxylation sites is 1. The fourth-order valence-corrected chi connectivity index (χ4v) is 4.95. The van der Waals surface area contributed by atoms with Gasteiger partial charge < -0.3 is 25.0 Å². The van der Waals surface area contributed by atoms with Crippen molar-refractivity contribution in [2.24, 2.45) is 0 Å². The van der Waals surface area contributed by atoms with Gasteiger partial charge >= 0.3 is 6.18 Å². The fraction of sp³-hybridized carbons (Fsp3) is 0.333. The number of halogens is 5. The van der Waals surface area contributed by atoms with Crippen molar-refractivity contribution in [3.05, 3.63) is 100 Å². The quantitative estimate of drug-likeness (QED) is 0.410. The smallest absolute Gasteiger partial charge is 0.430 e. The first-order chi connectivity index (χ1) is 19.4. The summed E-state index contributed by atoms with van der Waals surface area (Å²) in [6.07, 6.45) is -4.39. The summed E-state index contributed by atoms with van der Waals surface area (Å²) in [6.45, 7) is 6.44. The molecular weight excluding hydrogens is 578 g/mol. The zero-order chi connectivity index (χ0) is 30.0. The summed E-state index contributed by atoms with van der Waals surface area (Å²) in [4.78, 5) is 25.5. The van der Waals surface area contributed by atoms with Gasteiger partial charge in [-0.05, 0) is 60.9 Å². The highest BCUT2D eigenvalue weighted by atomic mass is 35.5. The van der Waals surface area contributed by atoms with Crippen LogP contribution in [-0.2, 0) is 16.0 Å². The van der Waals surface area contributed by atoms with Gasteiger partial charge in [-0.15, -0.1) is 0 Å². The molecule has 4 rings (SSSR count). The van der Waals surface area contributed by atoms with E-state index in [1.807, 2.05) is 30.3 Å². The molecule has 0 bridgehead atoms. The van der Waals surface area contributed by atoms with Gasteiger partial charge in [0.15, 0.2) is 6.54 Å². The minimum Gasteiger partial charge on any atom is -0.542 e. The lowest BCUT2D eigenvalue weighted by atomic mass is 9.86. The number of nitrogens with one attached hydrogen (secondary N) is 2. The summed E-state index contributed by atoms with van der Waals surface area (Å²) >= 11 is 12.2. The van der Waals surface area contributed by atoms with Gasteiger partial charge in [0.2, 0.25) is 0 Å². The molecule has 2 atom stereocenters. The van der Waals surface area contributed by atoms with E-state index in [9.17, 15) is 18.0 Å². The zero-order valence-electron chi connectivity index (χ0n) is 22.5. The molecule has 0 unspecified atom stereocenters. The van der Waals surface area contributed by atoms with Crippen LogP contribution in [0.1, 0.15) is 24.0 Å². The van der Waals surface area contributed by atoms with Gasteiger partial charge in [-0.1, -0.05) is 65.7 Å². The molecule has 0 spiro atoms. The van der Waals surface area contributed by atoms with Crippen LogP contribution in [0.5, 0.6) is 0 Å². The van der Waals surface area contributed by atoms with Crippen LogP contribution in [0.3, 0.4) is 0 Å². The van der Waals surface area contributed by atoms with Crippen molar-refractivity contribution in [1.29, 1.82) is 0 Å². The largest absolute Gasteiger partial charge is 0.542 e. The molecule has 41 heavy (non-hydrogen) atoms. The Morgan fingerprint density at radius 1 is 0.927 bits per heavy atom. The van der Waals surface area contributed by atoms with Gasteiger partial charge in [0.05, 0.1) is 26.2 Å². The van der Waals surface area contributed by atoms with E-state index in [2.05, 4.69) is 65.7 Å². The van der Waals surface area contributed by atoms with Crippen LogP contribution in [0.4, 0.5) is 18.9 Å². The summed E-state index contributed by atoms with van der Waals surface area (Å²) in [5, 5.41) is 13.5. The lowest BCUT2D eigenvalue weighted by Crippen LogP contribution is -3.16. The highest BCUT2D eigenvalue weighted by Gasteiger charge is 2.29. The second-order valence-electron chi connectivity index (χ2n) is 9.88. The second kappa shape index (κ2) is 15.1. The van der Waals surface area contributed by atoms with Crippen LogP contribution in [0.25, 0.3) is 0 Å². The number of hydrogen-bond donors (Lipinski definition) is 2. The number of rotatable bonds is 8. The van der Waals surface area contributed by atoms with Crippen molar-refractivity contribution >= 4 is 40.8 Å². The molecule has 2 N–H and O–H groups in total. The predicted molar refractivity (Wildman–Crippen MR) is 152 cm³/mol. The molecule has 0 saturated carbocycles. The van der Waals surface area contributed by atoms with Crippen molar-refractivity contribution in [2.75, 3.05) is 37.6 Å². The van der Waals surface area contributed by atoms with Gasteiger partial charge in [-0.25, -0.2) is 0 Å². The third-order valence-electron chi connectivity index (χ3n) is 6.89. The number of carboxylic acid groups (broad SMARTS) is 1. The van der Waals surface area contributed by atoms with E-state index in [0.29, 0.717) is 11.6 Å². The number of aliphatic carboxylic acids is 1. The van der Waals surface area contributed by atoms with Crippen molar-refractivity contribution in [3.63, 3.8) is 0 Å². The molecule has 0 radical (unpaired) electrons. The first-order valence-electron chi connectivity index (χ1n) is 13.1. The Bertz CT molecular complexity index is 1250. The molecule has 11 heteroatoms. The molecular formula is C30H32Cl2F3N3O3.